The molecule has 4 aromatic carbocycles. The zero-order valence-electron chi connectivity index (χ0n) is 20.0. The number of allylic oxidation sites excluding steroid dienone is 1. The molecule has 0 saturated carbocycles. The molecule has 2 heterocycles. The summed E-state index contributed by atoms with van der Waals surface area (Å²) in [5, 5.41) is 5.67. The number of hydrogen-bond acceptors (Lipinski definition) is 2. The van der Waals surface area contributed by atoms with Gasteiger partial charge in [-0.3, -0.25) is 0 Å². The molecule has 0 spiro atoms. The van der Waals surface area contributed by atoms with Crippen molar-refractivity contribution in [3.63, 3.8) is 0 Å². The predicted octanol–water partition coefficient (Wildman–Crippen LogP) is 9.61. The van der Waals surface area contributed by atoms with Crippen LogP contribution in [-0.4, -0.2) is 0 Å². The fourth-order valence-electron chi connectivity index (χ4n) is 5.39. The van der Waals surface area contributed by atoms with Crippen molar-refractivity contribution in [1.29, 1.82) is 0 Å². The highest BCUT2D eigenvalue weighted by atomic mass is 32.1. The number of benzene rings is 4. The van der Waals surface area contributed by atoms with E-state index in [9.17, 15) is 0 Å². The largest absolute Gasteiger partial charge is 0.144 e. The van der Waals surface area contributed by atoms with Gasteiger partial charge in [-0.15, -0.1) is 22.7 Å². The Morgan fingerprint density at radius 3 is 2.05 bits per heavy atom. The first kappa shape index (κ1) is 22.1. The van der Waals surface area contributed by atoms with E-state index < -0.39 is 0 Å². The van der Waals surface area contributed by atoms with E-state index in [-0.39, 0.29) is 5.92 Å². The Hall–Kier alpha value is -4.16. The van der Waals surface area contributed by atoms with Crippen LogP contribution in [0.4, 0.5) is 0 Å². The minimum absolute atomic E-state index is 0.141. The lowest BCUT2D eigenvalue weighted by molar-refractivity contribution is 1.05. The lowest BCUT2D eigenvalue weighted by Gasteiger charge is -2.19. The van der Waals surface area contributed by atoms with Crippen molar-refractivity contribution in [3.05, 3.63) is 159 Å². The van der Waals surface area contributed by atoms with Crippen molar-refractivity contribution in [2.75, 3.05) is 0 Å². The monoisotopic (exact) mass is 506 g/mol. The van der Waals surface area contributed by atoms with Crippen molar-refractivity contribution in [3.8, 4) is 23.0 Å². The molecule has 37 heavy (non-hydrogen) atoms. The van der Waals surface area contributed by atoms with Gasteiger partial charge < -0.3 is 0 Å². The molecule has 2 aromatic heterocycles. The van der Waals surface area contributed by atoms with E-state index in [1.807, 2.05) is 6.07 Å². The fourth-order valence-corrected chi connectivity index (χ4v) is 7.06. The molecule has 0 fully saturated rings. The highest BCUT2D eigenvalue weighted by Gasteiger charge is 2.33. The second kappa shape index (κ2) is 9.37. The Morgan fingerprint density at radius 2 is 1.32 bits per heavy atom. The third kappa shape index (κ3) is 3.85. The second-order valence-corrected chi connectivity index (χ2v) is 11.0. The Kier molecular flexibility index (Phi) is 5.59. The van der Waals surface area contributed by atoms with E-state index >= 15 is 0 Å². The smallest absolute Gasteiger partial charge is 0.0509 e. The van der Waals surface area contributed by atoms with Gasteiger partial charge in [-0.25, -0.2) is 0 Å². The van der Waals surface area contributed by atoms with Gasteiger partial charge in [0.1, 0.15) is 0 Å². The first-order chi connectivity index (χ1) is 18.4. The lowest BCUT2D eigenvalue weighted by Crippen LogP contribution is -2.02. The van der Waals surface area contributed by atoms with Crippen molar-refractivity contribution < 1.29 is 0 Å². The van der Waals surface area contributed by atoms with Crippen molar-refractivity contribution in [2.24, 2.45) is 0 Å². The summed E-state index contributed by atoms with van der Waals surface area (Å²) in [6, 6.07) is 38.7. The molecule has 7 rings (SSSR count). The standard InChI is InChI=1S/C35H22S2/c1-4-11-24(12-5-1)18-19-27-33-29(25-13-6-2-7-14-25)23-30(31-17-10-21-36-31)34(33)32(26-15-8-3-9-16-26)28-20-22-37-35(27)28/h1-17,20-23,29H. The lowest BCUT2D eigenvalue weighted by atomic mass is 9.84. The molecule has 0 aliphatic heterocycles. The molecule has 0 amide bonds. The molecule has 1 aliphatic rings. The Balaban J connectivity index is 1.61. The van der Waals surface area contributed by atoms with Gasteiger partial charge in [-0.2, -0.15) is 0 Å². The Labute approximate surface area is 225 Å². The van der Waals surface area contributed by atoms with Gasteiger partial charge in [0.15, 0.2) is 0 Å². The van der Waals surface area contributed by atoms with Crippen LogP contribution in [0.5, 0.6) is 0 Å². The summed E-state index contributed by atoms with van der Waals surface area (Å²) in [6.45, 7) is 0. The van der Waals surface area contributed by atoms with Crippen molar-refractivity contribution in [2.45, 2.75) is 5.92 Å². The maximum absolute atomic E-state index is 3.67. The molecule has 6 aromatic rings. The molecule has 0 radical (unpaired) electrons. The van der Waals surface area contributed by atoms with E-state index in [2.05, 4.69) is 132 Å². The normalized spacial score (nSPS) is 14.2. The van der Waals surface area contributed by atoms with Gasteiger partial charge in [0, 0.05) is 27.3 Å². The Morgan fingerprint density at radius 1 is 0.595 bits per heavy atom. The zero-order valence-corrected chi connectivity index (χ0v) is 21.7. The van der Waals surface area contributed by atoms with Crippen LogP contribution in [0.25, 0.3) is 26.8 Å². The third-order valence-electron chi connectivity index (χ3n) is 6.98. The van der Waals surface area contributed by atoms with E-state index in [0.717, 1.165) is 11.1 Å². The first-order valence-corrected chi connectivity index (χ1v) is 14.1. The second-order valence-electron chi connectivity index (χ2n) is 9.13. The maximum atomic E-state index is 3.67. The number of rotatable bonds is 3. The van der Waals surface area contributed by atoms with E-state index in [1.54, 1.807) is 22.7 Å². The summed E-state index contributed by atoms with van der Waals surface area (Å²) in [7, 11) is 0. The average molecular weight is 507 g/mol. The molecule has 1 aliphatic carbocycles. The number of fused-ring (bicyclic) bond motifs is 2. The van der Waals surface area contributed by atoms with Crippen LogP contribution in [0.15, 0.2) is 126 Å². The highest BCUT2D eigenvalue weighted by Crippen LogP contribution is 2.53. The van der Waals surface area contributed by atoms with Gasteiger partial charge >= 0.3 is 0 Å². The number of thiophene rings is 2. The average Bonchev–Trinajstić information content (AvgIpc) is 3.73. The molecule has 174 valence electrons. The molecule has 0 nitrogen and oxygen atoms in total. The van der Waals surface area contributed by atoms with Gasteiger partial charge in [0.05, 0.1) is 4.70 Å². The SMILES string of the molecule is C(#Cc1c2c(c(-c3ccccc3)c3ccsc13)C(c1cccs1)=CC2c1ccccc1)c1ccccc1. The molecule has 1 unspecified atom stereocenters. The van der Waals surface area contributed by atoms with Gasteiger partial charge in [0.2, 0.25) is 0 Å². The molecule has 0 N–H and O–H groups in total. The fraction of sp³-hybridized carbons (Fsp3) is 0.0286. The summed E-state index contributed by atoms with van der Waals surface area (Å²) in [4.78, 5) is 1.30. The highest BCUT2D eigenvalue weighted by molar-refractivity contribution is 7.17. The minimum atomic E-state index is 0.141. The summed E-state index contributed by atoms with van der Waals surface area (Å²) >= 11 is 3.60. The zero-order chi connectivity index (χ0) is 24.6. The molecule has 0 bridgehead atoms. The first-order valence-electron chi connectivity index (χ1n) is 12.4. The summed E-state index contributed by atoms with van der Waals surface area (Å²) in [5.41, 5.74) is 10.0. The molecular weight excluding hydrogens is 485 g/mol. The number of hydrogen-bond donors (Lipinski definition) is 0. The van der Waals surface area contributed by atoms with Gasteiger partial charge in [-0.1, -0.05) is 103 Å². The van der Waals surface area contributed by atoms with Crippen LogP contribution in [0.3, 0.4) is 0 Å². The van der Waals surface area contributed by atoms with E-state index in [1.165, 1.54) is 48.4 Å². The van der Waals surface area contributed by atoms with E-state index in [0.29, 0.717) is 0 Å². The van der Waals surface area contributed by atoms with Crippen LogP contribution in [0, 0.1) is 11.8 Å². The van der Waals surface area contributed by atoms with E-state index in [4.69, 9.17) is 0 Å². The maximum Gasteiger partial charge on any atom is 0.0509 e. The van der Waals surface area contributed by atoms with Crippen LogP contribution in [0.2, 0.25) is 0 Å². The molecular formula is C35H22S2. The van der Waals surface area contributed by atoms with Gasteiger partial charge in [-0.05, 0) is 68.4 Å². The van der Waals surface area contributed by atoms with Crippen molar-refractivity contribution >= 4 is 38.3 Å². The topological polar surface area (TPSA) is 0 Å². The van der Waals surface area contributed by atoms with Gasteiger partial charge in [0.25, 0.3) is 0 Å². The predicted molar refractivity (Wildman–Crippen MR) is 159 cm³/mol. The molecule has 0 saturated heterocycles. The molecule has 2 heteroatoms. The quantitative estimate of drug-likeness (QED) is 0.210. The van der Waals surface area contributed by atoms with Crippen LogP contribution < -0.4 is 0 Å². The molecule has 1 atom stereocenters. The van der Waals surface area contributed by atoms with Crippen LogP contribution in [-0.2, 0) is 0 Å². The summed E-state index contributed by atoms with van der Waals surface area (Å²) in [6.07, 6.45) is 2.47. The summed E-state index contributed by atoms with van der Waals surface area (Å²) < 4.78 is 1.27. The third-order valence-corrected chi connectivity index (χ3v) is 8.81. The summed E-state index contributed by atoms with van der Waals surface area (Å²) in [5.74, 6) is 7.30. The van der Waals surface area contributed by atoms with Crippen LogP contribution in [0.1, 0.15) is 38.6 Å². The van der Waals surface area contributed by atoms with Crippen molar-refractivity contribution in [1.82, 2.24) is 0 Å². The Bertz CT molecular complexity index is 1790. The van der Waals surface area contributed by atoms with Crippen LogP contribution >= 0.6 is 22.7 Å². The minimum Gasteiger partial charge on any atom is -0.144 e.